The maximum Gasteiger partial charge on any atom is 0.246 e. The molecule has 0 aliphatic heterocycles. The zero-order chi connectivity index (χ0) is 19.5. The van der Waals surface area contributed by atoms with Crippen molar-refractivity contribution in [2.75, 3.05) is 14.1 Å². The van der Waals surface area contributed by atoms with Crippen LogP contribution in [0.1, 0.15) is 43.5 Å². The largest absolute Gasteiger partial charge is 0.351 e. The van der Waals surface area contributed by atoms with Crippen molar-refractivity contribution < 1.29 is 13.2 Å². The minimum absolute atomic E-state index is 0.0631. The third-order valence-electron chi connectivity index (χ3n) is 6.90. The van der Waals surface area contributed by atoms with Crippen LogP contribution in [0.5, 0.6) is 0 Å². The number of nitrogens with zero attached hydrogens (tertiary/aromatic N) is 3. The fraction of sp³-hybridized carbons (Fsp3) is 0.789. The Bertz CT molecular complexity index is 831. The van der Waals surface area contributed by atoms with Crippen molar-refractivity contribution in [2.24, 2.45) is 23.7 Å². The highest BCUT2D eigenvalue weighted by molar-refractivity contribution is 7.89. The zero-order valence-electron chi connectivity index (χ0n) is 16.6. The Morgan fingerprint density at radius 2 is 1.67 bits per heavy atom. The van der Waals surface area contributed by atoms with Gasteiger partial charge in [-0.2, -0.15) is 5.10 Å². The number of rotatable bonds is 5. The van der Waals surface area contributed by atoms with E-state index in [1.807, 2.05) is 0 Å². The van der Waals surface area contributed by atoms with Crippen LogP contribution in [0.3, 0.4) is 0 Å². The number of aromatic nitrogens is 2. The van der Waals surface area contributed by atoms with Crippen LogP contribution in [-0.4, -0.2) is 48.5 Å². The minimum Gasteiger partial charge on any atom is -0.351 e. The Morgan fingerprint density at radius 1 is 1.11 bits per heavy atom. The highest BCUT2D eigenvalue weighted by Crippen LogP contribution is 2.53. The Morgan fingerprint density at radius 3 is 2.19 bits per heavy atom. The summed E-state index contributed by atoms with van der Waals surface area (Å²) in [5.74, 6) is 2.92. The molecule has 4 aliphatic carbocycles. The Kier molecular flexibility index (Phi) is 4.62. The van der Waals surface area contributed by atoms with E-state index in [-0.39, 0.29) is 23.4 Å². The molecule has 0 spiro atoms. The molecule has 4 bridgehead atoms. The molecule has 27 heavy (non-hydrogen) atoms. The van der Waals surface area contributed by atoms with Gasteiger partial charge in [-0.1, -0.05) is 0 Å². The molecule has 4 fully saturated rings. The normalized spacial score (nSPS) is 32.3. The average Bonchev–Trinajstić information content (AvgIpc) is 2.84. The van der Waals surface area contributed by atoms with Crippen molar-refractivity contribution in [2.45, 2.75) is 63.4 Å². The van der Waals surface area contributed by atoms with Crippen molar-refractivity contribution >= 4 is 15.9 Å². The first kappa shape index (κ1) is 18.9. The van der Waals surface area contributed by atoms with Gasteiger partial charge in [-0.15, -0.1) is 0 Å². The number of hydrogen-bond acceptors (Lipinski definition) is 4. The van der Waals surface area contributed by atoms with Crippen LogP contribution in [0.15, 0.2) is 4.90 Å². The van der Waals surface area contributed by atoms with Crippen LogP contribution >= 0.6 is 0 Å². The minimum atomic E-state index is -3.58. The fourth-order valence-corrected chi connectivity index (χ4v) is 7.18. The van der Waals surface area contributed by atoms with Gasteiger partial charge in [-0.05, 0) is 69.6 Å². The molecule has 1 aromatic heterocycles. The second kappa shape index (κ2) is 6.58. The predicted molar refractivity (Wildman–Crippen MR) is 102 cm³/mol. The van der Waals surface area contributed by atoms with E-state index in [9.17, 15) is 13.2 Å². The number of hydrogen-bond donors (Lipinski definition) is 1. The molecule has 0 radical (unpaired) electrons. The lowest BCUT2D eigenvalue weighted by Crippen LogP contribution is -2.56. The summed E-state index contributed by atoms with van der Waals surface area (Å²) in [6.07, 6.45) is 6.40. The van der Waals surface area contributed by atoms with Gasteiger partial charge >= 0.3 is 0 Å². The molecule has 0 aromatic carbocycles. The van der Waals surface area contributed by atoms with E-state index in [2.05, 4.69) is 10.4 Å². The lowest BCUT2D eigenvalue weighted by Gasteiger charge is -2.54. The predicted octanol–water partition coefficient (Wildman–Crippen LogP) is 1.69. The summed E-state index contributed by atoms with van der Waals surface area (Å²) < 4.78 is 27.8. The monoisotopic (exact) mass is 394 g/mol. The van der Waals surface area contributed by atoms with E-state index in [0.29, 0.717) is 23.2 Å². The molecule has 1 aromatic rings. The van der Waals surface area contributed by atoms with Gasteiger partial charge in [0.2, 0.25) is 15.9 Å². The SMILES string of the molecule is Cc1nn(CC(=O)NC2C3CC4CC(C3)CC2C4)c(C)c1S(=O)(=O)N(C)C. The molecule has 8 heteroatoms. The molecule has 0 unspecified atom stereocenters. The maximum absolute atomic E-state index is 12.7. The van der Waals surface area contributed by atoms with E-state index >= 15 is 0 Å². The zero-order valence-corrected chi connectivity index (χ0v) is 17.4. The maximum atomic E-state index is 12.7. The summed E-state index contributed by atoms with van der Waals surface area (Å²) >= 11 is 0. The van der Waals surface area contributed by atoms with Crippen molar-refractivity contribution in [3.8, 4) is 0 Å². The van der Waals surface area contributed by atoms with Gasteiger partial charge in [0, 0.05) is 20.1 Å². The number of carbonyl (C=O) groups is 1. The molecule has 4 saturated carbocycles. The summed E-state index contributed by atoms with van der Waals surface area (Å²) in [5.41, 5.74) is 0.949. The van der Waals surface area contributed by atoms with Crippen LogP contribution in [0.25, 0.3) is 0 Å². The van der Waals surface area contributed by atoms with Crippen LogP contribution in [0.4, 0.5) is 0 Å². The van der Waals surface area contributed by atoms with Gasteiger partial charge < -0.3 is 5.32 Å². The van der Waals surface area contributed by atoms with Crippen molar-refractivity contribution in [1.82, 2.24) is 19.4 Å². The Hall–Kier alpha value is -1.41. The van der Waals surface area contributed by atoms with Gasteiger partial charge in [-0.3, -0.25) is 9.48 Å². The van der Waals surface area contributed by atoms with Crippen LogP contribution < -0.4 is 5.32 Å². The van der Waals surface area contributed by atoms with E-state index in [0.717, 1.165) is 11.8 Å². The number of sulfonamides is 1. The third kappa shape index (κ3) is 3.20. The van der Waals surface area contributed by atoms with Crippen LogP contribution in [-0.2, 0) is 21.4 Å². The molecule has 1 heterocycles. The first-order valence-electron chi connectivity index (χ1n) is 9.92. The number of amides is 1. The Labute approximate surface area is 161 Å². The lowest BCUT2D eigenvalue weighted by atomic mass is 9.54. The van der Waals surface area contributed by atoms with Crippen molar-refractivity contribution in [3.05, 3.63) is 11.4 Å². The highest BCUT2D eigenvalue weighted by atomic mass is 32.2. The summed E-state index contributed by atoms with van der Waals surface area (Å²) in [4.78, 5) is 12.9. The second-order valence-corrected chi connectivity index (χ2v) is 11.1. The van der Waals surface area contributed by atoms with Crippen molar-refractivity contribution in [1.29, 1.82) is 0 Å². The highest BCUT2D eigenvalue weighted by Gasteiger charge is 2.48. The smallest absolute Gasteiger partial charge is 0.246 e. The fourth-order valence-electron chi connectivity index (χ4n) is 5.92. The van der Waals surface area contributed by atoms with Gasteiger partial charge in [0.25, 0.3) is 0 Å². The first-order chi connectivity index (χ1) is 12.7. The molecule has 4 aliphatic rings. The standard InChI is InChI=1S/C19H30N4O3S/c1-11-19(27(25,26)22(3)4)12(2)23(21-11)10-17(24)20-18-15-6-13-5-14(8-15)9-16(18)7-13/h13-16,18H,5-10H2,1-4H3,(H,20,24). The van der Waals surface area contributed by atoms with Crippen LogP contribution in [0, 0.1) is 37.5 Å². The molecule has 150 valence electrons. The van der Waals surface area contributed by atoms with E-state index in [1.165, 1.54) is 55.2 Å². The molecule has 1 N–H and O–H groups in total. The molecular weight excluding hydrogens is 364 g/mol. The van der Waals surface area contributed by atoms with Gasteiger partial charge in [0.05, 0.1) is 11.4 Å². The van der Waals surface area contributed by atoms with Gasteiger partial charge in [-0.25, -0.2) is 12.7 Å². The van der Waals surface area contributed by atoms with E-state index in [1.54, 1.807) is 13.8 Å². The molecule has 1 amide bonds. The quantitative estimate of drug-likeness (QED) is 0.824. The summed E-state index contributed by atoms with van der Waals surface area (Å²) in [7, 11) is -0.567. The Balaban J connectivity index is 1.48. The van der Waals surface area contributed by atoms with Crippen molar-refractivity contribution in [3.63, 3.8) is 0 Å². The first-order valence-corrected chi connectivity index (χ1v) is 11.4. The summed E-state index contributed by atoms with van der Waals surface area (Å²) in [6.45, 7) is 3.46. The molecule has 5 rings (SSSR count). The van der Waals surface area contributed by atoms with Gasteiger partial charge in [0.15, 0.2) is 0 Å². The van der Waals surface area contributed by atoms with E-state index < -0.39 is 10.0 Å². The molecular formula is C19H30N4O3S. The molecule has 0 atom stereocenters. The molecule has 0 saturated heterocycles. The van der Waals surface area contributed by atoms with E-state index in [4.69, 9.17) is 0 Å². The number of nitrogens with one attached hydrogen (secondary N) is 1. The second-order valence-electron chi connectivity index (χ2n) is 8.97. The van der Waals surface area contributed by atoms with Crippen LogP contribution in [0.2, 0.25) is 0 Å². The van der Waals surface area contributed by atoms with Gasteiger partial charge in [0.1, 0.15) is 11.4 Å². The summed E-state index contributed by atoms with van der Waals surface area (Å²) in [6, 6.07) is 0.284. The lowest BCUT2D eigenvalue weighted by molar-refractivity contribution is -0.125. The number of carbonyl (C=O) groups excluding carboxylic acids is 1. The molecule has 7 nitrogen and oxygen atoms in total. The third-order valence-corrected chi connectivity index (χ3v) is 8.97. The topological polar surface area (TPSA) is 84.3 Å². The average molecular weight is 395 g/mol. The summed E-state index contributed by atoms with van der Waals surface area (Å²) in [5, 5.41) is 7.60. The number of aryl methyl sites for hydroxylation is 1.